The molecule has 1 atom stereocenters. The summed E-state index contributed by atoms with van der Waals surface area (Å²) in [5, 5.41) is 10.5. The minimum Gasteiger partial charge on any atom is -0.383 e. The van der Waals surface area contributed by atoms with Crippen LogP contribution < -0.4 is 0 Å². The number of rotatable bonds is 2. The van der Waals surface area contributed by atoms with E-state index in [0.29, 0.717) is 5.56 Å². The molecule has 18 heavy (non-hydrogen) atoms. The molecular weight excluding hydrogens is 251 g/mol. The zero-order valence-electron chi connectivity index (χ0n) is 10.2. The van der Waals surface area contributed by atoms with Crippen molar-refractivity contribution in [1.29, 1.82) is 0 Å². The summed E-state index contributed by atoms with van der Waals surface area (Å²) >= 11 is 5.96. The monoisotopic (exact) mass is 264 g/mol. The lowest BCUT2D eigenvalue weighted by molar-refractivity contribution is 0.214. The molecule has 1 unspecified atom stereocenters. The maximum absolute atomic E-state index is 13.8. The lowest BCUT2D eigenvalue weighted by atomic mass is 9.96. The average Bonchev–Trinajstić information content (AvgIpc) is 2.28. The summed E-state index contributed by atoms with van der Waals surface area (Å²) in [6, 6.07) is 10.0. The third-order valence-electron chi connectivity index (χ3n) is 2.99. The van der Waals surface area contributed by atoms with Gasteiger partial charge in [0.25, 0.3) is 0 Å². The zero-order valence-corrected chi connectivity index (χ0v) is 11.0. The van der Waals surface area contributed by atoms with E-state index in [1.54, 1.807) is 12.1 Å². The standard InChI is InChI=1S/C15H14ClFO/c1-9-6-7-11(10(2)8-9)15(18)14-12(16)4-3-5-13(14)17/h3-8,15,18H,1-2H3. The highest BCUT2D eigenvalue weighted by molar-refractivity contribution is 6.31. The largest absolute Gasteiger partial charge is 0.383 e. The normalized spacial score (nSPS) is 12.5. The lowest BCUT2D eigenvalue weighted by Crippen LogP contribution is -2.05. The molecule has 0 aromatic heterocycles. The van der Waals surface area contributed by atoms with Crippen LogP contribution in [-0.2, 0) is 0 Å². The molecule has 0 aliphatic heterocycles. The van der Waals surface area contributed by atoms with E-state index in [-0.39, 0.29) is 10.6 Å². The quantitative estimate of drug-likeness (QED) is 0.863. The van der Waals surface area contributed by atoms with Crippen LogP contribution in [0.1, 0.15) is 28.4 Å². The average molecular weight is 265 g/mol. The summed E-state index contributed by atoms with van der Waals surface area (Å²) in [5.74, 6) is -0.491. The van der Waals surface area contributed by atoms with Crippen LogP contribution in [0.3, 0.4) is 0 Å². The molecule has 0 aliphatic rings. The van der Waals surface area contributed by atoms with Gasteiger partial charge in [-0.3, -0.25) is 0 Å². The number of hydrogen-bond acceptors (Lipinski definition) is 1. The van der Waals surface area contributed by atoms with E-state index in [0.717, 1.165) is 11.1 Å². The van der Waals surface area contributed by atoms with Crippen molar-refractivity contribution in [3.63, 3.8) is 0 Å². The fourth-order valence-corrected chi connectivity index (χ4v) is 2.33. The summed E-state index contributed by atoms with van der Waals surface area (Å²) in [7, 11) is 0. The Morgan fingerprint density at radius 3 is 2.50 bits per heavy atom. The van der Waals surface area contributed by atoms with Gasteiger partial charge in [-0.25, -0.2) is 4.39 Å². The summed E-state index contributed by atoms with van der Waals surface area (Å²) in [6.45, 7) is 3.86. The molecular formula is C15H14ClFO. The minimum absolute atomic E-state index is 0.131. The van der Waals surface area contributed by atoms with Gasteiger partial charge in [-0.1, -0.05) is 41.4 Å². The molecule has 0 aliphatic carbocycles. The summed E-state index contributed by atoms with van der Waals surface area (Å²) in [4.78, 5) is 0. The molecule has 94 valence electrons. The first-order valence-corrected chi connectivity index (χ1v) is 6.07. The number of aryl methyl sites for hydroxylation is 2. The minimum atomic E-state index is -1.04. The fourth-order valence-electron chi connectivity index (χ4n) is 2.06. The van der Waals surface area contributed by atoms with Gasteiger partial charge >= 0.3 is 0 Å². The van der Waals surface area contributed by atoms with E-state index in [1.807, 2.05) is 26.0 Å². The third kappa shape index (κ3) is 2.40. The van der Waals surface area contributed by atoms with Crippen LogP contribution in [0, 0.1) is 19.7 Å². The zero-order chi connectivity index (χ0) is 13.3. The SMILES string of the molecule is Cc1ccc(C(O)c2c(F)cccc2Cl)c(C)c1. The van der Waals surface area contributed by atoms with Gasteiger partial charge in [-0.2, -0.15) is 0 Å². The van der Waals surface area contributed by atoms with E-state index in [1.165, 1.54) is 12.1 Å². The molecule has 0 spiro atoms. The van der Waals surface area contributed by atoms with Crippen molar-refractivity contribution in [2.45, 2.75) is 20.0 Å². The molecule has 1 nitrogen and oxygen atoms in total. The van der Waals surface area contributed by atoms with Crippen molar-refractivity contribution in [2.75, 3.05) is 0 Å². The van der Waals surface area contributed by atoms with Crippen LogP contribution >= 0.6 is 11.6 Å². The summed E-state index contributed by atoms with van der Waals surface area (Å²) in [6.07, 6.45) is -1.04. The first-order chi connectivity index (χ1) is 8.50. The molecule has 1 N–H and O–H groups in total. The van der Waals surface area contributed by atoms with Crippen molar-refractivity contribution >= 4 is 11.6 Å². The van der Waals surface area contributed by atoms with Crippen LogP contribution in [-0.4, -0.2) is 5.11 Å². The van der Waals surface area contributed by atoms with Crippen LogP contribution in [0.2, 0.25) is 5.02 Å². The first-order valence-electron chi connectivity index (χ1n) is 5.70. The van der Waals surface area contributed by atoms with Gasteiger partial charge in [0.2, 0.25) is 0 Å². The van der Waals surface area contributed by atoms with Crippen molar-refractivity contribution in [3.8, 4) is 0 Å². The highest BCUT2D eigenvalue weighted by Crippen LogP contribution is 2.32. The van der Waals surface area contributed by atoms with E-state index in [4.69, 9.17) is 11.6 Å². The van der Waals surface area contributed by atoms with Crippen molar-refractivity contribution < 1.29 is 9.50 Å². The second-order valence-electron chi connectivity index (χ2n) is 4.40. The summed E-state index contributed by atoms with van der Waals surface area (Å²) in [5.41, 5.74) is 2.82. The predicted octanol–water partition coefficient (Wildman–Crippen LogP) is 4.18. The van der Waals surface area contributed by atoms with E-state index in [2.05, 4.69) is 0 Å². The Kier molecular flexibility index (Phi) is 3.69. The Hall–Kier alpha value is -1.38. The van der Waals surface area contributed by atoms with Crippen molar-refractivity contribution in [3.05, 3.63) is 69.5 Å². The maximum atomic E-state index is 13.8. The highest BCUT2D eigenvalue weighted by atomic mass is 35.5. The van der Waals surface area contributed by atoms with Gasteiger partial charge in [-0.15, -0.1) is 0 Å². The number of benzene rings is 2. The molecule has 0 bridgehead atoms. The molecule has 2 aromatic carbocycles. The first kappa shape index (κ1) is 13.1. The van der Waals surface area contributed by atoms with E-state index < -0.39 is 11.9 Å². The fraction of sp³-hybridized carbons (Fsp3) is 0.200. The van der Waals surface area contributed by atoms with Crippen LogP contribution in [0.15, 0.2) is 36.4 Å². The molecule has 0 radical (unpaired) electrons. The Morgan fingerprint density at radius 1 is 1.17 bits per heavy atom. The third-order valence-corrected chi connectivity index (χ3v) is 3.32. The van der Waals surface area contributed by atoms with E-state index >= 15 is 0 Å². The van der Waals surface area contributed by atoms with E-state index in [9.17, 15) is 9.50 Å². The number of halogens is 2. The smallest absolute Gasteiger partial charge is 0.130 e. The summed E-state index contributed by atoms with van der Waals surface area (Å²) < 4.78 is 13.8. The van der Waals surface area contributed by atoms with Gasteiger partial charge in [0.1, 0.15) is 11.9 Å². The Morgan fingerprint density at radius 2 is 1.89 bits per heavy atom. The highest BCUT2D eigenvalue weighted by Gasteiger charge is 2.19. The molecule has 0 heterocycles. The van der Waals surface area contributed by atoms with Crippen molar-refractivity contribution in [2.24, 2.45) is 0 Å². The Balaban J connectivity index is 2.51. The molecule has 0 amide bonds. The molecule has 2 rings (SSSR count). The lowest BCUT2D eigenvalue weighted by Gasteiger charge is -2.16. The second kappa shape index (κ2) is 5.09. The molecule has 0 saturated heterocycles. The van der Waals surface area contributed by atoms with Crippen molar-refractivity contribution in [1.82, 2.24) is 0 Å². The molecule has 3 heteroatoms. The van der Waals surface area contributed by atoms with Gasteiger partial charge in [0, 0.05) is 10.6 Å². The van der Waals surface area contributed by atoms with Gasteiger partial charge in [-0.05, 0) is 37.1 Å². The molecule has 0 fully saturated rings. The Bertz CT molecular complexity index is 560. The predicted molar refractivity (Wildman–Crippen MR) is 71.4 cm³/mol. The topological polar surface area (TPSA) is 20.2 Å². The number of hydrogen-bond donors (Lipinski definition) is 1. The van der Waals surface area contributed by atoms with Gasteiger partial charge < -0.3 is 5.11 Å². The maximum Gasteiger partial charge on any atom is 0.130 e. The van der Waals surface area contributed by atoms with Crippen LogP contribution in [0.4, 0.5) is 4.39 Å². The van der Waals surface area contributed by atoms with Gasteiger partial charge in [0.05, 0.1) is 0 Å². The number of aliphatic hydroxyl groups is 1. The van der Waals surface area contributed by atoms with Crippen LogP contribution in [0.5, 0.6) is 0 Å². The second-order valence-corrected chi connectivity index (χ2v) is 4.81. The molecule has 0 saturated carbocycles. The van der Waals surface area contributed by atoms with Crippen LogP contribution in [0.25, 0.3) is 0 Å². The Labute approximate surface area is 111 Å². The number of aliphatic hydroxyl groups excluding tert-OH is 1. The molecule has 2 aromatic rings. The van der Waals surface area contributed by atoms with Gasteiger partial charge in [0.15, 0.2) is 0 Å².